The van der Waals surface area contributed by atoms with Crippen molar-refractivity contribution in [2.24, 2.45) is 0 Å². The molecule has 0 bridgehead atoms. The van der Waals surface area contributed by atoms with Crippen LogP contribution in [0.25, 0.3) is 0 Å². The van der Waals surface area contributed by atoms with Gasteiger partial charge in [-0.15, -0.1) is 0 Å². The van der Waals surface area contributed by atoms with Gasteiger partial charge in [-0.3, -0.25) is 19.8 Å². The van der Waals surface area contributed by atoms with Crippen molar-refractivity contribution in [3.05, 3.63) is 69.3 Å². The third kappa shape index (κ3) is 4.18. The van der Waals surface area contributed by atoms with Crippen LogP contribution < -0.4 is 11.1 Å². The highest BCUT2D eigenvalue weighted by molar-refractivity contribution is 5.95. The molecule has 1 amide bonds. The number of nitrogens with two attached hydrogens (primary N) is 1. The first-order valence-electron chi connectivity index (χ1n) is 8.66. The lowest BCUT2D eigenvalue weighted by molar-refractivity contribution is -0.383. The van der Waals surface area contributed by atoms with E-state index >= 15 is 0 Å². The summed E-state index contributed by atoms with van der Waals surface area (Å²) in [7, 11) is 0. The Bertz CT molecular complexity index is 822. The number of nitrogen functional groups attached to an aromatic ring is 1. The molecule has 0 saturated carbocycles. The lowest BCUT2D eigenvalue weighted by Gasteiger charge is -2.28. The van der Waals surface area contributed by atoms with Gasteiger partial charge in [0.05, 0.1) is 4.92 Å². The number of anilines is 1. The van der Waals surface area contributed by atoms with Crippen molar-refractivity contribution in [3.8, 4) is 0 Å². The van der Waals surface area contributed by atoms with E-state index < -0.39 is 4.92 Å². The first-order chi connectivity index (χ1) is 12.5. The molecular weight excluding hydrogens is 332 g/mol. The van der Waals surface area contributed by atoms with Crippen LogP contribution in [0.2, 0.25) is 0 Å². The Hall–Kier alpha value is -2.93. The molecule has 1 heterocycles. The van der Waals surface area contributed by atoms with Gasteiger partial charge in [0.2, 0.25) is 0 Å². The van der Waals surface area contributed by atoms with Crippen molar-refractivity contribution in [2.45, 2.75) is 19.4 Å². The number of nitrogens with zero attached hydrogens (tertiary/aromatic N) is 2. The molecule has 1 aliphatic heterocycles. The average Bonchev–Trinajstić information content (AvgIpc) is 2.65. The molecule has 0 aliphatic carbocycles. The van der Waals surface area contributed by atoms with Crippen molar-refractivity contribution in [3.63, 3.8) is 0 Å². The summed E-state index contributed by atoms with van der Waals surface area (Å²) in [4.78, 5) is 24.9. The molecule has 2 aromatic rings. The summed E-state index contributed by atoms with van der Waals surface area (Å²) in [5, 5.41) is 13.7. The number of nitro benzene ring substituents is 1. The van der Waals surface area contributed by atoms with Gasteiger partial charge >= 0.3 is 0 Å². The molecule has 0 saturated heterocycles. The second-order valence-electron chi connectivity index (χ2n) is 6.44. The Morgan fingerprint density at radius 1 is 1.23 bits per heavy atom. The molecule has 136 valence electrons. The minimum absolute atomic E-state index is 0.0527. The fourth-order valence-corrected chi connectivity index (χ4v) is 3.19. The number of amides is 1. The number of benzene rings is 2. The Balaban J connectivity index is 1.46. The van der Waals surface area contributed by atoms with Gasteiger partial charge < -0.3 is 11.1 Å². The zero-order valence-electron chi connectivity index (χ0n) is 14.5. The van der Waals surface area contributed by atoms with Crippen molar-refractivity contribution in [2.75, 3.05) is 25.4 Å². The molecule has 7 heteroatoms. The highest BCUT2D eigenvalue weighted by atomic mass is 16.6. The molecule has 0 fully saturated rings. The maximum atomic E-state index is 12.2. The fourth-order valence-electron chi connectivity index (χ4n) is 3.19. The monoisotopic (exact) mass is 354 g/mol. The van der Waals surface area contributed by atoms with Gasteiger partial charge in [0.25, 0.3) is 11.6 Å². The van der Waals surface area contributed by atoms with Crippen molar-refractivity contribution in [1.29, 1.82) is 0 Å². The summed E-state index contributed by atoms with van der Waals surface area (Å²) in [5.41, 5.74) is 8.40. The van der Waals surface area contributed by atoms with Crippen LogP contribution in [0.4, 0.5) is 11.4 Å². The van der Waals surface area contributed by atoms with Crippen LogP contribution in [0.3, 0.4) is 0 Å². The van der Waals surface area contributed by atoms with Gasteiger partial charge in [-0.1, -0.05) is 24.3 Å². The second-order valence-corrected chi connectivity index (χ2v) is 6.44. The van der Waals surface area contributed by atoms with Crippen molar-refractivity contribution >= 4 is 17.3 Å². The predicted octanol–water partition coefficient (Wildman–Crippen LogP) is 2.36. The third-order valence-electron chi connectivity index (χ3n) is 4.64. The number of nitro groups is 1. The highest BCUT2D eigenvalue weighted by Crippen LogP contribution is 2.22. The van der Waals surface area contributed by atoms with Gasteiger partial charge in [0, 0.05) is 37.8 Å². The standard InChI is InChI=1S/C19H22N4O3/c20-17-7-6-15(12-18(17)23(25)26)19(24)21-9-3-10-22-11-8-14-4-1-2-5-16(14)13-22/h1-2,4-7,12H,3,8-11,13,20H2,(H,21,24). The molecule has 3 N–H and O–H groups in total. The molecule has 3 rings (SSSR count). The van der Waals surface area contributed by atoms with E-state index in [1.165, 1.54) is 29.3 Å². The van der Waals surface area contributed by atoms with Gasteiger partial charge in [-0.2, -0.15) is 0 Å². The molecular formula is C19H22N4O3. The summed E-state index contributed by atoms with van der Waals surface area (Å²) in [6, 6.07) is 12.6. The summed E-state index contributed by atoms with van der Waals surface area (Å²) in [6.07, 6.45) is 1.88. The van der Waals surface area contributed by atoms with Crippen LogP contribution >= 0.6 is 0 Å². The largest absolute Gasteiger partial charge is 0.393 e. The van der Waals surface area contributed by atoms with Gasteiger partial charge in [0.1, 0.15) is 5.69 Å². The van der Waals surface area contributed by atoms with Gasteiger partial charge in [-0.05, 0) is 36.1 Å². The van der Waals surface area contributed by atoms with E-state index in [1.807, 2.05) is 0 Å². The van der Waals surface area contributed by atoms with Crippen LogP contribution in [0.5, 0.6) is 0 Å². The number of nitrogens with one attached hydrogen (secondary N) is 1. The van der Waals surface area contributed by atoms with E-state index in [1.54, 1.807) is 0 Å². The maximum absolute atomic E-state index is 12.2. The molecule has 0 atom stereocenters. The molecule has 26 heavy (non-hydrogen) atoms. The Morgan fingerprint density at radius 3 is 2.77 bits per heavy atom. The number of fused-ring (bicyclic) bond motifs is 1. The lowest BCUT2D eigenvalue weighted by atomic mass is 10.00. The Labute approximate surface area is 152 Å². The van der Waals surface area contributed by atoms with E-state index in [9.17, 15) is 14.9 Å². The molecule has 7 nitrogen and oxygen atoms in total. The smallest absolute Gasteiger partial charge is 0.292 e. The summed E-state index contributed by atoms with van der Waals surface area (Å²) < 4.78 is 0. The van der Waals surface area contributed by atoms with Crippen LogP contribution in [0.1, 0.15) is 27.9 Å². The summed E-state index contributed by atoms with van der Waals surface area (Å²) in [5.74, 6) is -0.322. The summed E-state index contributed by atoms with van der Waals surface area (Å²) in [6.45, 7) is 3.38. The first-order valence-corrected chi connectivity index (χ1v) is 8.66. The zero-order valence-corrected chi connectivity index (χ0v) is 14.5. The Morgan fingerprint density at radius 2 is 2.00 bits per heavy atom. The molecule has 0 radical (unpaired) electrons. The molecule has 0 unspecified atom stereocenters. The average molecular weight is 354 g/mol. The number of carbonyl (C=O) groups is 1. The Kier molecular flexibility index (Phi) is 5.48. The fraction of sp³-hybridized carbons (Fsp3) is 0.316. The van der Waals surface area contributed by atoms with E-state index in [0.717, 1.165) is 32.5 Å². The first kappa shape index (κ1) is 17.9. The maximum Gasteiger partial charge on any atom is 0.292 e. The SMILES string of the molecule is Nc1ccc(C(=O)NCCCN2CCc3ccccc3C2)cc1[N+](=O)[O-]. The number of rotatable bonds is 6. The normalized spacial score (nSPS) is 13.8. The molecule has 0 spiro atoms. The summed E-state index contributed by atoms with van der Waals surface area (Å²) >= 11 is 0. The molecule has 0 aromatic heterocycles. The topological polar surface area (TPSA) is 102 Å². The van der Waals surface area contributed by atoms with Crippen LogP contribution in [-0.2, 0) is 13.0 Å². The van der Waals surface area contributed by atoms with Crippen LogP contribution in [-0.4, -0.2) is 35.4 Å². The van der Waals surface area contributed by atoms with E-state index in [2.05, 4.69) is 34.5 Å². The van der Waals surface area contributed by atoms with E-state index in [4.69, 9.17) is 5.73 Å². The van der Waals surface area contributed by atoms with Crippen LogP contribution in [0.15, 0.2) is 42.5 Å². The predicted molar refractivity (Wildman–Crippen MR) is 99.9 cm³/mol. The number of hydrogen-bond donors (Lipinski definition) is 2. The molecule has 2 aromatic carbocycles. The number of hydrogen-bond acceptors (Lipinski definition) is 5. The van der Waals surface area contributed by atoms with Crippen molar-refractivity contribution in [1.82, 2.24) is 10.2 Å². The zero-order chi connectivity index (χ0) is 18.5. The van der Waals surface area contributed by atoms with Crippen LogP contribution in [0, 0.1) is 10.1 Å². The quantitative estimate of drug-likeness (QED) is 0.359. The van der Waals surface area contributed by atoms with Gasteiger partial charge in [-0.25, -0.2) is 0 Å². The number of carbonyl (C=O) groups excluding carboxylic acids is 1. The van der Waals surface area contributed by atoms with Crippen molar-refractivity contribution < 1.29 is 9.72 Å². The van der Waals surface area contributed by atoms with E-state index in [0.29, 0.717) is 6.54 Å². The van der Waals surface area contributed by atoms with E-state index in [-0.39, 0.29) is 22.8 Å². The minimum Gasteiger partial charge on any atom is -0.393 e. The second kappa shape index (κ2) is 7.97. The minimum atomic E-state index is -0.583. The highest BCUT2D eigenvalue weighted by Gasteiger charge is 2.17. The molecule has 1 aliphatic rings. The lowest BCUT2D eigenvalue weighted by Crippen LogP contribution is -2.33. The van der Waals surface area contributed by atoms with Gasteiger partial charge in [0.15, 0.2) is 0 Å². The third-order valence-corrected chi connectivity index (χ3v) is 4.64.